The van der Waals surface area contributed by atoms with Crippen LogP contribution in [0.2, 0.25) is 0 Å². The van der Waals surface area contributed by atoms with Gasteiger partial charge >= 0.3 is 0 Å². The van der Waals surface area contributed by atoms with Gasteiger partial charge in [0.2, 0.25) is 0 Å². The molecule has 0 radical (unpaired) electrons. The summed E-state index contributed by atoms with van der Waals surface area (Å²) in [5.41, 5.74) is 5.67. The van der Waals surface area contributed by atoms with Crippen molar-refractivity contribution in [3.63, 3.8) is 0 Å². The van der Waals surface area contributed by atoms with E-state index in [4.69, 9.17) is 0 Å². The number of benzene rings is 2. The van der Waals surface area contributed by atoms with Crippen molar-refractivity contribution < 1.29 is 0 Å². The van der Waals surface area contributed by atoms with E-state index in [1.807, 2.05) is 36.2 Å². The molecule has 0 aliphatic heterocycles. The smallest absolute Gasteiger partial charge is 0.102 e. The summed E-state index contributed by atoms with van der Waals surface area (Å²) in [5, 5.41) is 8.64. The first-order valence-corrected chi connectivity index (χ1v) is 8.39. The molecule has 3 rings (SSSR count). The average Bonchev–Trinajstić information content (AvgIpc) is 2.57. The maximum absolute atomic E-state index is 4.43. The number of hydrogen-bond acceptors (Lipinski definition) is 3. The molecule has 0 aliphatic rings. The van der Waals surface area contributed by atoms with E-state index in [1.165, 1.54) is 21.6 Å². The van der Waals surface area contributed by atoms with Crippen LogP contribution in [0.1, 0.15) is 12.5 Å². The molecule has 1 aromatic heterocycles. The van der Waals surface area contributed by atoms with Gasteiger partial charge in [-0.2, -0.15) is 5.10 Å². The van der Waals surface area contributed by atoms with Crippen LogP contribution in [0, 0.1) is 6.92 Å². The van der Waals surface area contributed by atoms with Crippen molar-refractivity contribution in [2.45, 2.75) is 18.7 Å². The van der Waals surface area contributed by atoms with Gasteiger partial charge in [-0.3, -0.25) is 0 Å². The summed E-state index contributed by atoms with van der Waals surface area (Å²) in [6.45, 7) is 4.26. The molecular weight excluding hydrogens is 288 g/mol. The maximum Gasteiger partial charge on any atom is 0.102 e. The highest BCUT2D eigenvalue weighted by Gasteiger charge is 2.14. The normalized spacial score (nSPS) is 10.6. The second kappa shape index (κ2) is 6.75. The van der Waals surface area contributed by atoms with Crippen LogP contribution in [0.3, 0.4) is 0 Å². The summed E-state index contributed by atoms with van der Waals surface area (Å²) >= 11 is 1.81. The first-order chi connectivity index (χ1) is 10.8. The number of aromatic nitrogens is 2. The molecule has 110 valence electrons. The predicted octanol–water partition coefficient (Wildman–Crippen LogP) is 5.23. The average molecular weight is 306 g/mol. The van der Waals surface area contributed by atoms with Gasteiger partial charge in [-0.1, -0.05) is 67.1 Å². The lowest BCUT2D eigenvalue weighted by Crippen LogP contribution is -1.95. The third kappa shape index (κ3) is 3.04. The number of nitrogens with zero attached hydrogens (tertiary/aromatic N) is 2. The second-order valence-electron chi connectivity index (χ2n) is 5.10. The summed E-state index contributed by atoms with van der Waals surface area (Å²) in [6.07, 6.45) is 1.87. The molecule has 0 amide bonds. The Morgan fingerprint density at radius 2 is 1.64 bits per heavy atom. The third-order valence-corrected chi connectivity index (χ3v) is 4.41. The van der Waals surface area contributed by atoms with Crippen LogP contribution in [0.4, 0.5) is 0 Å². The number of hydrogen-bond donors (Lipinski definition) is 0. The van der Waals surface area contributed by atoms with Crippen LogP contribution in [-0.2, 0) is 0 Å². The molecule has 3 heteroatoms. The summed E-state index contributed by atoms with van der Waals surface area (Å²) in [4.78, 5) is 1.18. The topological polar surface area (TPSA) is 25.8 Å². The molecule has 0 aliphatic carbocycles. The Morgan fingerprint density at radius 1 is 0.909 bits per heavy atom. The highest BCUT2D eigenvalue weighted by Crippen LogP contribution is 2.37. The molecule has 2 nitrogen and oxygen atoms in total. The molecule has 2 aromatic carbocycles. The Kier molecular flexibility index (Phi) is 4.54. The van der Waals surface area contributed by atoms with E-state index in [-0.39, 0.29) is 0 Å². The monoisotopic (exact) mass is 306 g/mol. The Labute approximate surface area is 135 Å². The fourth-order valence-corrected chi connectivity index (χ4v) is 3.22. The minimum Gasteiger partial charge on any atom is -0.157 e. The summed E-state index contributed by atoms with van der Waals surface area (Å²) in [7, 11) is 0. The lowest BCUT2D eigenvalue weighted by atomic mass is 9.99. The van der Waals surface area contributed by atoms with Gasteiger partial charge in [0.15, 0.2) is 0 Å². The zero-order valence-corrected chi connectivity index (χ0v) is 13.6. The standard InChI is InChI=1S/C19H18N2S/c1-3-22-17-13-20-21-19(16-7-5-4-6-8-16)18(17)15-11-9-14(2)10-12-15/h4-13H,3H2,1-2H3. The van der Waals surface area contributed by atoms with Crippen molar-refractivity contribution in [2.75, 3.05) is 5.75 Å². The molecule has 0 saturated heterocycles. The van der Waals surface area contributed by atoms with Gasteiger partial charge in [-0.05, 0) is 18.2 Å². The first kappa shape index (κ1) is 14.8. The van der Waals surface area contributed by atoms with Gasteiger partial charge in [-0.15, -0.1) is 16.9 Å². The number of thioether (sulfide) groups is 1. The van der Waals surface area contributed by atoms with Crippen molar-refractivity contribution >= 4 is 11.8 Å². The van der Waals surface area contributed by atoms with Crippen LogP contribution < -0.4 is 0 Å². The van der Waals surface area contributed by atoms with Gasteiger partial charge in [-0.25, -0.2) is 0 Å². The summed E-state index contributed by atoms with van der Waals surface area (Å²) in [5.74, 6) is 1.01. The van der Waals surface area contributed by atoms with Crippen LogP contribution in [-0.4, -0.2) is 16.0 Å². The highest BCUT2D eigenvalue weighted by molar-refractivity contribution is 7.99. The zero-order valence-electron chi connectivity index (χ0n) is 12.8. The quantitative estimate of drug-likeness (QED) is 0.617. The van der Waals surface area contributed by atoms with Crippen LogP contribution in [0.5, 0.6) is 0 Å². The van der Waals surface area contributed by atoms with Gasteiger partial charge in [0.25, 0.3) is 0 Å². The first-order valence-electron chi connectivity index (χ1n) is 7.40. The van der Waals surface area contributed by atoms with E-state index in [0.29, 0.717) is 0 Å². The SMILES string of the molecule is CCSc1cnnc(-c2ccccc2)c1-c1ccc(C)cc1. The molecule has 0 bridgehead atoms. The predicted molar refractivity (Wildman–Crippen MR) is 94.0 cm³/mol. The van der Waals surface area contributed by atoms with E-state index in [1.54, 1.807) is 0 Å². The molecule has 3 aromatic rings. The minimum absolute atomic E-state index is 0.947. The Morgan fingerprint density at radius 3 is 2.32 bits per heavy atom. The largest absolute Gasteiger partial charge is 0.157 e. The van der Waals surface area contributed by atoms with Crippen molar-refractivity contribution in [2.24, 2.45) is 0 Å². The van der Waals surface area contributed by atoms with Crippen LogP contribution in [0.25, 0.3) is 22.4 Å². The Balaban J connectivity index is 2.22. The molecule has 0 fully saturated rings. The lowest BCUT2D eigenvalue weighted by Gasteiger charge is -2.13. The number of rotatable bonds is 4. The maximum atomic E-state index is 4.43. The van der Waals surface area contributed by atoms with Crippen molar-refractivity contribution in [3.8, 4) is 22.4 Å². The van der Waals surface area contributed by atoms with Crippen molar-refractivity contribution in [3.05, 3.63) is 66.4 Å². The molecular formula is C19H18N2S. The Hall–Kier alpha value is -2.13. The molecule has 0 unspecified atom stereocenters. The second-order valence-corrected chi connectivity index (χ2v) is 6.40. The molecule has 0 spiro atoms. The molecule has 0 saturated carbocycles. The van der Waals surface area contributed by atoms with Gasteiger partial charge in [0.1, 0.15) is 5.69 Å². The van der Waals surface area contributed by atoms with E-state index in [9.17, 15) is 0 Å². The highest BCUT2D eigenvalue weighted by atomic mass is 32.2. The zero-order chi connectivity index (χ0) is 15.4. The lowest BCUT2D eigenvalue weighted by molar-refractivity contribution is 1.01. The van der Waals surface area contributed by atoms with Crippen molar-refractivity contribution in [1.82, 2.24) is 10.2 Å². The van der Waals surface area contributed by atoms with E-state index >= 15 is 0 Å². The fraction of sp³-hybridized carbons (Fsp3) is 0.158. The molecule has 0 atom stereocenters. The van der Waals surface area contributed by atoms with Gasteiger partial charge in [0, 0.05) is 16.0 Å². The third-order valence-electron chi connectivity index (χ3n) is 3.50. The summed E-state index contributed by atoms with van der Waals surface area (Å²) in [6, 6.07) is 18.9. The Bertz CT molecular complexity index is 752. The van der Waals surface area contributed by atoms with E-state index in [0.717, 1.165) is 17.0 Å². The fourth-order valence-electron chi connectivity index (χ4n) is 2.43. The minimum atomic E-state index is 0.947. The molecule has 22 heavy (non-hydrogen) atoms. The van der Waals surface area contributed by atoms with Gasteiger partial charge in [0.05, 0.1) is 6.20 Å². The van der Waals surface area contributed by atoms with Gasteiger partial charge < -0.3 is 0 Å². The van der Waals surface area contributed by atoms with E-state index < -0.39 is 0 Å². The van der Waals surface area contributed by atoms with Crippen molar-refractivity contribution in [1.29, 1.82) is 0 Å². The van der Waals surface area contributed by atoms with Crippen LogP contribution >= 0.6 is 11.8 Å². The summed E-state index contributed by atoms with van der Waals surface area (Å²) < 4.78 is 0. The molecule has 0 N–H and O–H groups in total. The van der Waals surface area contributed by atoms with E-state index in [2.05, 4.69) is 60.4 Å². The number of aryl methyl sites for hydroxylation is 1. The molecule has 1 heterocycles. The van der Waals surface area contributed by atoms with Crippen LogP contribution in [0.15, 0.2) is 65.7 Å².